The fourth-order valence-electron chi connectivity index (χ4n) is 1.85. The molecule has 0 amide bonds. The molecular weight excluding hydrogens is 292 g/mol. The van der Waals surface area contributed by atoms with E-state index >= 15 is 0 Å². The van der Waals surface area contributed by atoms with Crippen LogP contribution in [0, 0.1) is 0 Å². The molecule has 1 aromatic heterocycles. The summed E-state index contributed by atoms with van der Waals surface area (Å²) in [5, 5.41) is 3.24. The molecule has 1 aromatic rings. The van der Waals surface area contributed by atoms with Crippen LogP contribution in [0.15, 0.2) is 29.0 Å². The number of likely N-dealkylation sites (N-methyl/N-ethyl adjacent to an activating group) is 1. The monoisotopic (exact) mass is 316 g/mol. The van der Waals surface area contributed by atoms with E-state index in [4.69, 9.17) is 0 Å². The van der Waals surface area contributed by atoms with Crippen LogP contribution < -0.4 is 5.32 Å². The van der Waals surface area contributed by atoms with Crippen molar-refractivity contribution < 1.29 is 8.42 Å². The Morgan fingerprint density at radius 1 is 1.45 bits per heavy atom. The molecule has 0 spiro atoms. The first-order valence-electron chi connectivity index (χ1n) is 6.85. The Labute approximate surface area is 126 Å². The Kier molecular flexibility index (Phi) is 6.88. The van der Waals surface area contributed by atoms with E-state index in [2.05, 4.69) is 18.8 Å². The fraction of sp³-hybridized carbons (Fsp3) is 0.571. The predicted molar refractivity (Wildman–Crippen MR) is 85.8 cm³/mol. The van der Waals surface area contributed by atoms with Gasteiger partial charge in [0.05, 0.1) is 0 Å². The van der Waals surface area contributed by atoms with E-state index in [1.165, 1.54) is 15.6 Å². The van der Waals surface area contributed by atoms with Gasteiger partial charge in [0.2, 0.25) is 0 Å². The third-order valence-corrected chi connectivity index (χ3v) is 6.54. The lowest BCUT2D eigenvalue weighted by Crippen LogP contribution is -2.36. The highest BCUT2D eigenvalue weighted by atomic mass is 32.2. The zero-order valence-corrected chi connectivity index (χ0v) is 14.1. The Morgan fingerprint density at radius 3 is 2.70 bits per heavy atom. The molecule has 0 atom stereocenters. The molecule has 6 heteroatoms. The summed E-state index contributed by atoms with van der Waals surface area (Å²) in [5.41, 5.74) is 0. The van der Waals surface area contributed by atoms with Crippen LogP contribution in [-0.4, -0.2) is 38.4 Å². The number of rotatable bonds is 9. The summed E-state index contributed by atoms with van der Waals surface area (Å²) in [5.74, 6) is 0. The van der Waals surface area contributed by atoms with E-state index < -0.39 is 10.0 Å². The van der Waals surface area contributed by atoms with E-state index in [9.17, 15) is 8.42 Å². The predicted octanol–water partition coefficient (Wildman–Crippen LogP) is 2.49. The van der Waals surface area contributed by atoms with Crippen LogP contribution in [0.25, 0.3) is 0 Å². The van der Waals surface area contributed by atoms with Gasteiger partial charge < -0.3 is 5.32 Å². The van der Waals surface area contributed by atoms with Crippen molar-refractivity contribution >= 4 is 21.4 Å². The summed E-state index contributed by atoms with van der Waals surface area (Å²) in [4.78, 5) is 1.09. The summed E-state index contributed by atoms with van der Waals surface area (Å²) in [7, 11) is -3.41. The summed E-state index contributed by atoms with van der Waals surface area (Å²) in [6, 6.07) is 3.53. The molecule has 0 saturated carbocycles. The van der Waals surface area contributed by atoms with Crippen molar-refractivity contribution in [1.29, 1.82) is 0 Å². The Balaban J connectivity index is 2.89. The molecule has 0 aliphatic rings. The van der Waals surface area contributed by atoms with Gasteiger partial charge in [-0.1, -0.05) is 13.0 Å². The van der Waals surface area contributed by atoms with E-state index in [-0.39, 0.29) is 6.04 Å². The van der Waals surface area contributed by atoms with Gasteiger partial charge in [-0.15, -0.1) is 17.9 Å². The summed E-state index contributed by atoms with van der Waals surface area (Å²) >= 11 is 1.36. The van der Waals surface area contributed by atoms with Gasteiger partial charge in [0.1, 0.15) is 4.21 Å². The quantitative estimate of drug-likeness (QED) is 0.562. The third kappa shape index (κ3) is 4.41. The minimum Gasteiger partial charge on any atom is -0.317 e. The Bertz CT molecular complexity index is 521. The first-order chi connectivity index (χ1) is 9.43. The van der Waals surface area contributed by atoms with Crippen LogP contribution >= 0.6 is 11.3 Å². The van der Waals surface area contributed by atoms with Crippen molar-refractivity contribution in [1.82, 2.24) is 9.62 Å². The van der Waals surface area contributed by atoms with Crippen LogP contribution in [0.5, 0.6) is 0 Å². The number of thiophene rings is 1. The summed E-state index contributed by atoms with van der Waals surface area (Å²) in [6.45, 7) is 11.6. The van der Waals surface area contributed by atoms with Gasteiger partial charge in [-0.05, 0) is 45.5 Å². The molecule has 1 N–H and O–H groups in total. The van der Waals surface area contributed by atoms with Crippen molar-refractivity contribution in [3.8, 4) is 0 Å². The normalized spacial score (nSPS) is 12.2. The number of sulfonamides is 1. The van der Waals surface area contributed by atoms with Crippen LogP contribution in [0.3, 0.4) is 0 Å². The van der Waals surface area contributed by atoms with E-state index in [0.717, 1.165) is 24.4 Å². The Morgan fingerprint density at radius 2 is 2.15 bits per heavy atom. The smallest absolute Gasteiger partial charge is 0.253 e. The van der Waals surface area contributed by atoms with E-state index in [0.29, 0.717) is 10.8 Å². The number of nitrogens with one attached hydrogen (secondary N) is 1. The van der Waals surface area contributed by atoms with Gasteiger partial charge >= 0.3 is 0 Å². The summed E-state index contributed by atoms with van der Waals surface area (Å²) < 4.78 is 27.0. The Hall–Kier alpha value is -0.690. The molecular formula is C14H24N2O2S2. The third-order valence-electron chi connectivity index (χ3n) is 2.88. The molecule has 1 rings (SSSR count). The molecule has 0 aliphatic heterocycles. The fourth-order valence-corrected chi connectivity index (χ4v) is 4.94. The highest BCUT2D eigenvalue weighted by Crippen LogP contribution is 2.26. The molecule has 1 heterocycles. The molecule has 0 aliphatic carbocycles. The van der Waals surface area contributed by atoms with Crippen LogP contribution in [0.2, 0.25) is 0 Å². The SMILES string of the molecule is C=CCN(C(C)C)S(=O)(=O)c1ccc(CCNCC)s1. The minimum atomic E-state index is -3.41. The second kappa shape index (κ2) is 7.93. The van der Waals surface area contributed by atoms with Crippen molar-refractivity contribution in [3.05, 3.63) is 29.7 Å². The van der Waals surface area contributed by atoms with Crippen molar-refractivity contribution in [2.24, 2.45) is 0 Å². The van der Waals surface area contributed by atoms with E-state index in [1.807, 2.05) is 19.9 Å². The molecule has 0 fully saturated rings. The molecule has 0 bridgehead atoms. The molecule has 4 nitrogen and oxygen atoms in total. The standard InChI is InChI=1S/C14H24N2O2S2/c1-5-11-16(12(3)4)20(17,18)14-8-7-13(19-14)9-10-15-6-2/h5,7-8,12,15H,1,6,9-11H2,2-4H3. The first kappa shape index (κ1) is 17.4. The lowest BCUT2D eigenvalue weighted by atomic mass is 10.3. The minimum absolute atomic E-state index is 0.0784. The zero-order chi connectivity index (χ0) is 15.2. The molecule has 0 radical (unpaired) electrons. The van der Waals surface area contributed by atoms with Crippen molar-refractivity contribution in [2.75, 3.05) is 19.6 Å². The number of nitrogens with zero attached hydrogens (tertiary/aromatic N) is 1. The first-order valence-corrected chi connectivity index (χ1v) is 9.11. The van der Waals surface area contributed by atoms with Gasteiger partial charge in [-0.2, -0.15) is 4.31 Å². The van der Waals surface area contributed by atoms with Crippen molar-refractivity contribution in [2.45, 2.75) is 37.4 Å². The van der Waals surface area contributed by atoms with Crippen LogP contribution in [0.4, 0.5) is 0 Å². The number of hydrogen-bond acceptors (Lipinski definition) is 4. The van der Waals surface area contributed by atoms with Gasteiger partial charge in [-0.25, -0.2) is 8.42 Å². The van der Waals surface area contributed by atoms with Gasteiger partial charge in [0.25, 0.3) is 10.0 Å². The number of hydrogen-bond donors (Lipinski definition) is 1. The summed E-state index contributed by atoms with van der Waals surface area (Å²) in [6.07, 6.45) is 2.48. The average molecular weight is 316 g/mol. The van der Waals surface area contributed by atoms with E-state index in [1.54, 1.807) is 12.1 Å². The maximum Gasteiger partial charge on any atom is 0.253 e. The second-order valence-corrected chi connectivity index (χ2v) is 8.07. The highest BCUT2D eigenvalue weighted by Gasteiger charge is 2.27. The van der Waals surface area contributed by atoms with Crippen molar-refractivity contribution in [3.63, 3.8) is 0 Å². The largest absolute Gasteiger partial charge is 0.317 e. The molecule has 20 heavy (non-hydrogen) atoms. The topological polar surface area (TPSA) is 49.4 Å². The van der Waals surface area contributed by atoms with Crippen LogP contribution in [-0.2, 0) is 16.4 Å². The maximum absolute atomic E-state index is 12.6. The second-order valence-electron chi connectivity index (χ2n) is 4.78. The van der Waals surface area contributed by atoms with Gasteiger partial charge in [-0.3, -0.25) is 0 Å². The van der Waals surface area contributed by atoms with Crippen LogP contribution in [0.1, 0.15) is 25.6 Å². The molecule has 0 saturated heterocycles. The van der Waals surface area contributed by atoms with Gasteiger partial charge in [0, 0.05) is 17.5 Å². The van der Waals surface area contributed by atoms with Gasteiger partial charge in [0.15, 0.2) is 0 Å². The lowest BCUT2D eigenvalue weighted by Gasteiger charge is -2.23. The highest BCUT2D eigenvalue weighted by molar-refractivity contribution is 7.91. The molecule has 114 valence electrons. The lowest BCUT2D eigenvalue weighted by molar-refractivity contribution is 0.384. The average Bonchev–Trinajstić information content (AvgIpc) is 2.85. The molecule has 0 unspecified atom stereocenters. The maximum atomic E-state index is 12.6. The zero-order valence-electron chi connectivity index (χ0n) is 12.4. The molecule has 0 aromatic carbocycles.